The van der Waals surface area contributed by atoms with Crippen LogP contribution in [-0.4, -0.2) is 46.2 Å². The maximum Gasteiger partial charge on any atom is 0.241 e. The number of hydrogen-bond donors (Lipinski definition) is 2. The molecule has 0 bridgehead atoms. The summed E-state index contributed by atoms with van der Waals surface area (Å²) in [6.07, 6.45) is 1.91. The summed E-state index contributed by atoms with van der Waals surface area (Å²) in [5.74, 6) is 0.221. The lowest BCUT2D eigenvalue weighted by Gasteiger charge is -2.16. The van der Waals surface area contributed by atoms with E-state index in [1.54, 1.807) is 12.1 Å². The highest BCUT2D eigenvalue weighted by molar-refractivity contribution is 7.89. The first-order valence-corrected chi connectivity index (χ1v) is 9.55. The third-order valence-electron chi connectivity index (χ3n) is 3.70. The fourth-order valence-corrected chi connectivity index (χ4v) is 3.61. The molecule has 134 valence electrons. The molecule has 1 aromatic carbocycles. The van der Waals surface area contributed by atoms with E-state index >= 15 is 0 Å². The number of ether oxygens (including phenoxy) is 2. The minimum Gasteiger partial charge on any atom is -0.494 e. The van der Waals surface area contributed by atoms with E-state index in [0.717, 1.165) is 12.8 Å². The molecule has 1 heterocycles. The van der Waals surface area contributed by atoms with Gasteiger partial charge in [-0.2, -0.15) is 4.72 Å². The molecule has 2 N–H and O–H groups in total. The second kappa shape index (κ2) is 8.46. The Morgan fingerprint density at radius 1 is 1.38 bits per heavy atom. The Hall–Kier alpha value is -1.64. The van der Waals surface area contributed by atoms with E-state index in [2.05, 4.69) is 10.0 Å². The van der Waals surface area contributed by atoms with Crippen LogP contribution in [0.5, 0.6) is 5.75 Å². The third-order valence-corrected chi connectivity index (χ3v) is 5.25. The maximum absolute atomic E-state index is 12.3. The first-order chi connectivity index (χ1) is 11.4. The Bertz CT molecular complexity index is 639. The maximum atomic E-state index is 12.3. The first-order valence-electron chi connectivity index (χ1n) is 8.07. The lowest BCUT2D eigenvalue weighted by molar-refractivity contribution is -0.122. The second-order valence-corrected chi connectivity index (χ2v) is 7.34. The predicted octanol–water partition coefficient (Wildman–Crippen LogP) is 1.05. The Balaban J connectivity index is 1.90. The number of carbonyl (C=O) groups excluding carboxylic acids is 1. The minimum atomic E-state index is -3.77. The molecule has 0 unspecified atom stereocenters. The Labute approximate surface area is 142 Å². The van der Waals surface area contributed by atoms with Gasteiger partial charge in [-0.05, 0) is 51.0 Å². The fraction of sp³-hybridized carbons (Fsp3) is 0.562. The predicted molar refractivity (Wildman–Crippen MR) is 89.4 cm³/mol. The van der Waals surface area contributed by atoms with Gasteiger partial charge in [0.2, 0.25) is 15.9 Å². The van der Waals surface area contributed by atoms with E-state index in [9.17, 15) is 13.2 Å². The monoisotopic (exact) mass is 356 g/mol. The number of carbonyl (C=O) groups is 1. The molecule has 1 amide bonds. The van der Waals surface area contributed by atoms with Crippen LogP contribution >= 0.6 is 0 Å². The number of benzene rings is 1. The highest BCUT2D eigenvalue weighted by Crippen LogP contribution is 2.16. The molecule has 1 aromatic rings. The van der Waals surface area contributed by atoms with Gasteiger partial charge in [0.1, 0.15) is 5.75 Å². The van der Waals surface area contributed by atoms with Crippen LogP contribution in [0, 0.1) is 0 Å². The molecule has 2 rings (SSSR count). The normalized spacial score (nSPS) is 19.0. The van der Waals surface area contributed by atoms with Crippen LogP contribution in [-0.2, 0) is 19.6 Å². The first kappa shape index (κ1) is 18.7. The van der Waals surface area contributed by atoms with Gasteiger partial charge in [-0.1, -0.05) is 0 Å². The van der Waals surface area contributed by atoms with Crippen molar-refractivity contribution in [2.45, 2.75) is 43.7 Å². The number of hydrogen-bond acceptors (Lipinski definition) is 5. The summed E-state index contributed by atoms with van der Waals surface area (Å²) >= 11 is 0. The van der Waals surface area contributed by atoms with Crippen molar-refractivity contribution < 1.29 is 22.7 Å². The van der Waals surface area contributed by atoms with Crippen molar-refractivity contribution in [3.8, 4) is 5.75 Å². The van der Waals surface area contributed by atoms with Gasteiger partial charge in [-0.25, -0.2) is 8.42 Å². The zero-order valence-electron chi connectivity index (χ0n) is 13.9. The van der Waals surface area contributed by atoms with Gasteiger partial charge in [0.05, 0.1) is 23.6 Å². The van der Waals surface area contributed by atoms with Gasteiger partial charge in [-0.15, -0.1) is 0 Å². The molecule has 2 atom stereocenters. The zero-order chi connectivity index (χ0) is 17.6. The van der Waals surface area contributed by atoms with Gasteiger partial charge in [0.15, 0.2) is 0 Å². The molecule has 1 fully saturated rings. The number of rotatable bonds is 8. The van der Waals surface area contributed by atoms with Crippen molar-refractivity contribution in [2.24, 2.45) is 0 Å². The highest BCUT2D eigenvalue weighted by atomic mass is 32.2. The smallest absolute Gasteiger partial charge is 0.241 e. The molecule has 24 heavy (non-hydrogen) atoms. The van der Waals surface area contributed by atoms with Crippen molar-refractivity contribution in [3.63, 3.8) is 0 Å². The van der Waals surface area contributed by atoms with E-state index in [1.165, 1.54) is 19.1 Å². The van der Waals surface area contributed by atoms with Crippen LogP contribution in [0.15, 0.2) is 29.2 Å². The van der Waals surface area contributed by atoms with Crippen molar-refractivity contribution in [1.82, 2.24) is 10.0 Å². The summed E-state index contributed by atoms with van der Waals surface area (Å²) in [6, 6.07) is 5.19. The molecular formula is C16H24N2O5S. The van der Waals surface area contributed by atoms with Crippen LogP contribution in [0.4, 0.5) is 0 Å². The molecule has 0 spiro atoms. The molecule has 0 aliphatic carbocycles. The number of sulfonamides is 1. The van der Waals surface area contributed by atoms with Crippen LogP contribution in [0.1, 0.15) is 26.7 Å². The van der Waals surface area contributed by atoms with Crippen molar-refractivity contribution in [3.05, 3.63) is 24.3 Å². The molecule has 1 aliphatic heterocycles. The summed E-state index contributed by atoms with van der Waals surface area (Å²) in [7, 11) is -3.77. The highest BCUT2D eigenvalue weighted by Gasteiger charge is 2.23. The van der Waals surface area contributed by atoms with Gasteiger partial charge in [0.25, 0.3) is 0 Å². The molecule has 7 nitrogen and oxygen atoms in total. The van der Waals surface area contributed by atoms with Gasteiger partial charge >= 0.3 is 0 Å². The zero-order valence-corrected chi connectivity index (χ0v) is 14.8. The number of amides is 1. The van der Waals surface area contributed by atoms with Gasteiger partial charge in [-0.3, -0.25) is 4.79 Å². The molecule has 8 heteroatoms. The van der Waals surface area contributed by atoms with Crippen LogP contribution in [0.3, 0.4) is 0 Å². The summed E-state index contributed by atoms with van der Waals surface area (Å²) in [5.41, 5.74) is 0. The van der Waals surface area contributed by atoms with Crippen molar-refractivity contribution in [1.29, 1.82) is 0 Å². The Morgan fingerprint density at radius 3 is 2.67 bits per heavy atom. The van der Waals surface area contributed by atoms with Crippen molar-refractivity contribution >= 4 is 15.9 Å². The van der Waals surface area contributed by atoms with Crippen LogP contribution < -0.4 is 14.8 Å². The summed E-state index contributed by atoms with van der Waals surface area (Å²) in [5, 5.41) is 2.71. The third kappa shape index (κ3) is 5.19. The second-order valence-electron chi connectivity index (χ2n) is 5.63. The molecule has 0 radical (unpaired) electrons. The van der Waals surface area contributed by atoms with Crippen molar-refractivity contribution in [2.75, 3.05) is 19.8 Å². The SMILES string of the molecule is CCOc1ccc(S(=O)(=O)N[C@@H](C)C(=O)NC[C@H]2CCCO2)cc1. The Morgan fingerprint density at radius 2 is 2.08 bits per heavy atom. The van der Waals surface area contributed by atoms with Gasteiger partial charge < -0.3 is 14.8 Å². The van der Waals surface area contributed by atoms with E-state index in [1.807, 2.05) is 6.92 Å². The quantitative estimate of drug-likeness (QED) is 0.726. The average Bonchev–Trinajstić information content (AvgIpc) is 3.06. The van der Waals surface area contributed by atoms with Crippen LogP contribution in [0.25, 0.3) is 0 Å². The molecule has 1 saturated heterocycles. The van der Waals surface area contributed by atoms with Crippen LogP contribution in [0.2, 0.25) is 0 Å². The van der Waals surface area contributed by atoms with E-state index in [4.69, 9.17) is 9.47 Å². The van der Waals surface area contributed by atoms with E-state index < -0.39 is 16.1 Å². The average molecular weight is 356 g/mol. The standard InChI is InChI=1S/C16H24N2O5S/c1-3-22-13-6-8-15(9-7-13)24(20,21)18-12(2)16(19)17-11-14-5-4-10-23-14/h6-9,12,14,18H,3-5,10-11H2,1-2H3,(H,17,19)/t12-,14+/m0/s1. The summed E-state index contributed by atoms with van der Waals surface area (Å²) in [4.78, 5) is 12.1. The molecular weight excluding hydrogens is 332 g/mol. The van der Waals surface area contributed by atoms with E-state index in [0.29, 0.717) is 25.5 Å². The largest absolute Gasteiger partial charge is 0.494 e. The lowest BCUT2D eigenvalue weighted by Crippen LogP contribution is -2.46. The summed E-state index contributed by atoms with van der Waals surface area (Å²) in [6.45, 7) is 4.97. The topological polar surface area (TPSA) is 93.7 Å². The number of nitrogens with one attached hydrogen (secondary N) is 2. The minimum absolute atomic E-state index is 0.0175. The lowest BCUT2D eigenvalue weighted by atomic mass is 10.2. The Kier molecular flexibility index (Phi) is 6.59. The summed E-state index contributed by atoms with van der Waals surface area (Å²) < 4.78 is 37.7. The molecule has 0 saturated carbocycles. The fourth-order valence-electron chi connectivity index (χ4n) is 2.41. The van der Waals surface area contributed by atoms with E-state index in [-0.39, 0.29) is 16.9 Å². The molecule has 1 aliphatic rings. The molecule has 0 aromatic heterocycles. The van der Waals surface area contributed by atoms with Gasteiger partial charge in [0, 0.05) is 13.2 Å².